The summed E-state index contributed by atoms with van der Waals surface area (Å²) in [7, 11) is 0. The summed E-state index contributed by atoms with van der Waals surface area (Å²) in [6.45, 7) is 5.43. The van der Waals surface area contributed by atoms with Crippen LogP contribution in [0.2, 0.25) is 0 Å². The van der Waals surface area contributed by atoms with Crippen molar-refractivity contribution in [3.05, 3.63) is 89.6 Å². The number of halogens is 6. The van der Waals surface area contributed by atoms with Gasteiger partial charge in [-0.05, 0) is 48.8 Å². The molecule has 0 saturated heterocycles. The minimum absolute atomic E-state index is 0.0724. The fraction of sp³-hybridized carbons (Fsp3) is 0.393. The summed E-state index contributed by atoms with van der Waals surface area (Å²) in [5, 5.41) is 0. The number of rotatable bonds is 9. The molecule has 2 aliphatic rings. The fourth-order valence-electron chi connectivity index (χ4n) is 4.92. The van der Waals surface area contributed by atoms with E-state index in [0.29, 0.717) is 22.3 Å². The Hall–Kier alpha value is -2.83. The summed E-state index contributed by atoms with van der Waals surface area (Å²) in [6.07, 6.45) is -0.476. The standard InChI is InChI=1S/C28H28F6O/c1-19(25(35)18-21-8-4-3-5-9-21)12-13-22-20(2)26(14-16-27(29,30)31,15-17-28(32,33)34)24-11-7-6-10-23(22)24/h3-8,10-13,21H,1,9,14-18H2,2H3/b13-12-. The molecule has 0 radical (unpaired) electrons. The van der Waals surface area contributed by atoms with Crippen molar-refractivity contribution in [2.45, 2.75) is 63.2 Å². The molecule has 0 fully saturated rings. The normalized spacial score (nSPS) is 19.5. The van der Waals surface area contributed by atoms with Crippen LogP contribution in [0.25, 0.3) is 5.57 Å². The van der Waals surface area contributed by atoms with Crippen LogP contribution in [0.15, 0.2) is 78.4 Å². The second-order valence-corrected chi connectivity index (χ2v) is 9.19. The number of ketones is 1. The Bertz CT molecular complexity index is 1060. The Morgan fingerprint density at radius 2 is 1.69 bits per heavy atom. The summed E-state index contributed by atoms with van der Waals surface area (Å²) in [4.78, 5) is 12.6. The second-order valence-electron chi connectivity index (χ2n) is 9.19. The van der Waals surface area contributed by atoms with Crippen molar-refractivity contribution in [3.63, 3.8) is 0 Å². The van der Waals surface area contributed by atoms with Gasteiger partial charge >= 0.3 is 12.4 Å². The predicted octanol–water partition coefficient (Wildman–Crippen LogP) is 8.60. The van der Waals surface area contributed by atoms with Crippen molar-refractivity contribution >= 4 is 11.4 Å². The molecule has 0 N–H and O–H groups in total. The summed E-state index contributed by atoms with van der Waals surface area (Å²) in [5.74, 6) is -0.0839. The highest BCUT2D eigenvalue weighted by Crippen LogP contribution is 2.54. The van der Waals surface area contributed by atoms with E-state index >= 15 is 0 Å². The van der Waals surface area contributed by atoms with Gasteiger partial charge < -0.3 is 0 Å². The van der Waals surface area contributed by atoms with Crippen molar-refractivity contribution in [1.82, 2.24) is 0 Å². The third-order valence-corrected chi connectivity index (χ3v) is 6.85. The first-order valence-corrected chi connectivity index (χ1v) is 11.5. The van der Waals surface area contributed by atoms with Crippen molar-refractivity contribution < 1.29 is 31.1 Å². The average Bonchev–Trinajstić information content (AvgIpc) is 3.02. The molecule has 0 spiro atoms. The van der Waals surface area contributed by atoms with Crippen molar-refractivity contribution in [2.24, 2.45) is 5.92 Å². The fourth-order valence-corrected chi connectivity index (χ4v) is 4.92. The van der Waals surface area contributed by atoms with Gasteiger partial charge in [-0.2, -0.15) is 26.3 Å². The molecule has 0 aromatic heterocycles. The van der Waals surface area contributed by atoms with E-state index in [1.165, 1.54) is 6.08 Å². The highest BCUT2D eigenvalue weighted by atomic mass is 19.4. The van der Waals surface area contributed by atoms with E-state index in [-0.39, 0.29) is 23.7 Å². The third-order valence-electron chi connectivity index (χ3n) is 6.85. The Morgan fingerprint density at radius 3 is 2.26 bits per heavy atom. The third kappa shape index (κ3) is 6.65. The van der Waals surface area contributed by atoms with Crippen LogP contribution < -0.4 is 0 Å². The number of Topliss-reactive ketones (excluding diaryl/α,β-unsaturated/α-hetero) is 1. The first-order valence-electron chi connectivity index (χ1n) is 11.5. The zero-order valence-corrected chi connectivity index (χ0v) is 19.5. The number of carbonyl (C=O) groups excluding carboxylic acids is 1. The van der Waals surface area contributed by atoms with Gasteiger partial charge in [0.2, 0.25) is 0 Å². The maximum atomic E-state index is 13.2. The zero-order valence-electron chi connectivity index (χ0n) is 19.5. The van der Waals surface area contributed by atoms with E-state index in [0.717, 1.165) is 6.42 Å². The van der Waals surface area contributed by atoms with Crippen LogP contribution in [-0.2, 0) is 10.2 Å². The molecule has 0 aliphatic heterocycles. The van der Waals surface area contributed by atoms with Crippen LogP contribution in [0, 0.1) is 5.92 Å². The number of alkyl halides is 6. The Balaban J connectivity index is 1.93. The van der Waals surface area contributed by atoms with Gasteiger partial charge in [0.05, 0.1) is 0 Å². The first kappa shape index (κ1) is 26.8. The van der Waals surface area contributed by atoms with Crippen LogP contribution in [0.3, 0.4) is 0 Å². The highest BCUT2D eigenvalue weighted by Gasteiger charge is 2.46. The largest absolute Gasteiger partial charge is 0.389 e. The van der Waals surface area contributed by atoms with Crippen molar-refractivity contribution in [1.29, 1.82) is 0 Å². The monoisotopic (exact) mass is 494 g/mol. The lowest BCUT2D eigenvalue weighted by Gasteiger charge is -2.34. The molecule has 7 heteroatoms. The maximum absolute atomic E-state index is 13.2. The SMILES string of the molecule is C=C(/C=C\C1=C(C)C(CCC(F)(F)F)(CCC(F)(F)F)c2ccccc21)C(=O)CC1C=CC=CC1. The molecule has 0 saturated carbocycles. The molecule has 35 heavy (non-hydrogen) atoms. The predicted molar refractivity (Wildman–Crippen MR) is 126 cm³/mol. The molecule has 0 amide bonds. The topological polar surface area (TPSA) is 17.1 Å². The molecule has 1 nitrogen and oxygen atoms in total. The summed E-state index contributed by atoms with van der Waals surface area (Å²) in [5.41, 5.74) is 0.886. The molecule has 1 unspecified atom stereocenters. The lowest BCUT2D eigenvalue weighted by molar-refractivity contribution is -0.144. The van der Waals surface area contributed by atoms with E-state index in [1.807, 2.05) is 24.3 Å². The minimum Gasteiger partial charge on any atom is -0.294 e. The minimum atomic E-state index is -4.50. The van der Waals surface area contributed by atoms with Gasteiger partial charge in [0.25, 0.3) is 0 Å². The van der Waals surface area contributed by atoms with Crippen LogP contribution in [0.1, 0.15) is 56.6 Å². The van der Waals surface area contributed by atoms with E-state index in [1.54, 1.807) is 37.3 Å². The smallest absolute Gasteiger partial charge is 0.294 e. The van der Waals surface area contributed by atoms with Gasteiger partial charge in [-0.15, -0.1) is 0 Å². The first-order chi connectivity index (χ1) is 16.3. The van der Waals surface area contributed by atoms with Crippen LogP contribution >= 0.6 is 0 Å². The Kier molecular flexibility index (Phi) is 7.97. The van der Waals surface area contributed by atoms with Gasteiger partial charge in [-0.3, -0.25) is 4.79 Å². The summed E-state index contributed by atoms with van der Waals surface area (Å²) < 4.78 is 79.1. The lowest BCUT2D eigenvalue weighted by Crippen LogP contribution is -2.30. The second kappa shape index (κ2) is 10.4. The van der Waals surface area contributed by atoms with E-state index < -0.39 is 43.5 Å². The van der Waals surface area contributed by atoms with Gasteiger partial charge in [-0.25, -0.2) is 0 Å². The maximum Gasteiger partial charge on any atom is 0.389 e. The number of hydrogen-bond acceptors (Lipinski definition) is 1. The van der Waals surface area contributed by atoms with E-state index in [4.69, 9.17) is 0 Å². The lowest BCUT2D eigenvalue weighted by atomic mass is 9.70. The molecule has 0 heterocycles. The zero-order chi connectivity index (χ0) is 25.9. The number of carbonyl (C=O) groups is 1. The summed E-state index contributed by atoms with van der Waals surface area (Å²) in [6, 6.07) is 6.64. The Morgan fingerprint density at radius 1 is 1.06 bits per heavy atom. The molecular formula is C28H28F6O. The van der Waals surface area contributed by atoms with E-state index in [2.05, 4.69) is 6.58 Å². The quantitative estimate of drug-likeness (QED) is 0.191. The van der Waals surface area contributed by atoms with Crippen molar-refractivity contribution in [3.8, 4) is 0 Å². The van der Waals surface area contributed by atoms with Gasteiger partial charge in [0.1, 0.15) is 0 Å². The molecule has 3 rings (SSSR count). The Labute approximate surface area is 201 Å². The average molecular weight is 495 g/mol. The number of hydrogen-bond donors (Lipinski definition) is 0. The van der Waals surface area contributed by atoms with Crippen LogP contribution in [0.5, 0.6) is 0 Å². The van der Waals surface area contributed by atoms with Crippen molar-refractivity contribution in [2.75, 3.05) is 0 Å². The number of fused-ring (bicyclic) bond motifs is 1. The molecule has 188 valence electrons. The molecule has 0 bridgehead atoms. The van der Waals surface area contributed by atoms with Gasteiger partial charge in [0.15, 0.2) is 5.78 Å². The molecule has 1 aromatic carbocycles. The summed E-state index contributed by atoms with van der Waals surface area (Å²) >= 11 is 0. The van der Waals surface area contributed by atoms with Gasteiger partial charge in [-0.1, -0.05) is 72.9 Å². The van der Waals surface area contributed by atoms with Crippen LogP contribution in [-0.4, -0.2) is 18.1 Å². The highest BCUT2D eigenvalue weighted by molar-refractivity contribution is 5.98. The number of allylic oxidation sites excluding steroid dienone is 9. The molecular weight excluding hydrogens is 466 g/mol. The van der Waals surface area contributed by atoms with Gasteiger partial charge in [0, 0.05) is 30.3 Å². The van der Waals surface area contributed by atoms with Crippen LogP contribution in [0.4, 0.5) is 26.3 Å². The molecule has 2 aliphatic carbocycles. The molecule has 1 aromatic rings. The number of benzene rings is 1. The van der Waals surface area contributed by atoms with E-state index in [9.17, 15) is 31.1 Å². The molecule has 1 atom stereocenters.